The Morgan fingerprint density at radius 1 is 1.36 bits per heavy atom. The van der Waals surface area contributed by atoms with E-state index in [1.54, 1.807) is 24.3 Å². The molecule has 1 heterocycles. The Kier molecular flexibility index (Phi) is 5.77. The van der Waals surface area contributed by atoms with E-state index in [1.165, 1.54) is 0 Å². The third kappa shape index (κ3) is 4.73. The third-order valence-electron chi connectivity index (χ3n) is 3.84. The fourth-order valence-electron chi connectivity index (χ4n) is 2.50. The second-order valence-corrected chi connectivity index (χ2v) is 5.55. The summed E-state index contributed by atoms with van der Waals surface area (Å²) in [5.74, 6) is 0.140. The molecule has 0 saturated carbocycles. The number of primary amides is 1. The van der Waals surface area contributed by atoms with E-state index in [-0.39, 0.29) is 11.9 Å². The monoisotopic (exact) mass is 305 g/mol. The number of hydrogen-bond donors (Lipinski definition) is 3. The van der Waals surface area contributed by atoms with Gasteiger partial charge < -0.3 is 21.1 Å². The minimum Gasteiger partial charge on any atom is -0.493 e. The van der Waals surface area contributed by atoms with Gasteiger partial charge in [-0.1, -0.05) is 0 Å². The number of piperidine rings is 1. The molecule has 1 aliphatic rings. The summed E-state index contributed by atoms with van der Waals surface area (Å²) in [5, 5.41) is 6.39. The van der Waals surface area contributed by atoms with E-state index in [9.17, 15) is 9.59 Å². The molecule has 2 unspecified atom stereocenters. The Balaban J connectivity index is 1.71. The van der Waals surface area contributed by atoms with Crippen molar-refractivity contribution in [3.8, 4) is 5.75 Å². The predicted octanol–water partition coefficient (Wildman–Crippen LogP) is 0.811. The number of carbonyl (C=O) groups is 2. The van der Waals surface area contributed by atoms with Gasteiger partial charge in [0.15, 0.2) is 0 Å². The summed E-state index contributed by atoms with van der Waals surface area (Å²) in [7, 11) is 0. The van der Waals surface area contributed by atoms with Crippen LogP contribution in [0.4, 0.5) is 0 Å². The van der Waals surface area contributed by atoms with Crippen LogP contribution in [0.3, 0.4) is 0 Å². The zero-order chi connectivity index (χ0) is 15.9. The number of amides is 2. The molecule has 2 amide bonds. The van der Waals surface area contributed by atoms with Crippen molar-refractivity contribution in [1.82, 2.24) is 10.6 Å². The Morgan fingerprint density at radius 2 is 2.09 bits per heavy atom. The molecule has 0 radical (unpaired) electrons. The van der Waals surface area contributed by atoms with Crippen molar-refractivity contribution in [2.45, 2.75) is 38.3 Å². The number of benzene rings is 1. The van der Waals surface area contributed by atoms with Crippen LogP contribution in [-0.4, -0.2) is 37.0 Å². The van der Waals surface area contributed by atoms with Gasteiger partial charge in [-0.3, -0.25) is 9.59 Å². The highest BCUT2D eigenvalue weighted by molar-refractivity contribution is 5.92. The molecule has 1 aliphatic heterocycles. The van der Waals surface area contributed by atoms with Gasteiger partial charge in [-0.15, -0.1) is 0 Å². The maximum Gasteiger partial charge on any atom is 0.248 e. The smallest absolute Gasteiger partial charge is 0.248 e. The molecule has 0 spiro atoms. The van der Waals surface area contributed by atoms with E-state index in [4.69, 9.17) is 10.5 Å². The largest absolute Gasteiger partial charge is 0.493 e. The standard InChI is InChI=1S/C16H23N3O3/c1-11-14(3-2-9-18-11)19-15(20)8-10-22-13-6-4-12(5-7-13)16(17)21/h4-7,11,14,18H,2-3,8-10H2,1H3,(H2,17,21)(H,19,20). The first kappa shape index (κ1) is 16.3. The number of carbonyl (C=O) groups excluding carboxylic acids is 2. The molecule has 6 heteroatoms. The molecule has 4 N–H and O–H groups in total. The molecule has 0 aliphatic carbocycles. The van der Waals surface area contributed by atoms with Gasteiger partial charge in [-0.25, -0.2) is 0 Å². The summed E-state index contributed by atoms with van der Waals surface area (Å²) in [6.07, 6.45) is 2.40. The van der Waals surface area contributed by atoms with Crippen LogP contribution in [0.1, 0.15) is 36.5 Å². The summed E-state index contributed by atoms with van der Waals surface area (Å²) in [4.78, 5) is 22.9. The second-order valence-electron chi connectivity index (χ2n) is 5.55. The number of hydrogen-bond acceptors (Lipinski definition) is 4. The number of nitrogens with two attached hydrogens (primary N) is 1. The van der Waals surface area contributed by atoms with Gasteiger partial charge in [0.25, 0.3) is 0 Å². The maximum atomic E-state index is 11.9. The highest BCUT2D eigenvalue weighted by Gasteiger charge is 2.22. The van der Waals surface area contributed by atoms with E-state index < -0.39 is 5.91 Å². The first-order valence-electron chi connectivity index (χ1n) is 7.61. The predicted molar refractivity (Wildman–Crippen MR) is 83.7 cm³/mol. The summed E-state index contributed by atoms with van der Waals surface area (Å²) in [6, 6.07) is 7.05. The van der Waals surface area contributed by atoms with Gasteiger partial charge in [0, 0.05) is 17.6 Å². The van der Waals surface area contributed by atoms with E-state index in [0.29, 0.717) is 30.4 Å². The van der Waals surface area contributed by atoms with Crippen LogP contribution in [0.25, 0.3) is 0 Å². The third-order valence-corrected chi connectivity index (χ3v) is 3.84. The first-order chi connectivity index (χ1) is 10.6. The average molecular weight is 305 g/mol. The van der Waals surface area contributed by atoms with Gasteiger partial charge in [-0.2, -0.15) is 0 Å². The van der Waals surface area contributed by atoms with E-state index in [1.807, 2.05) is 0 Å². The normalized spacial score (nSPS) is 21.1. The molecule has 2 atom stereocenters. The lowest BCUT2D eigenvalue weighted by atomic mass is 10.00. The molecule has 1 saturated heterocycles. The highest BCUT2D eigenvalue weighted by atomic mass is 16.5. The lowest BCUT2D eigenvalue weighted by Crippen LogP contribution is -2.52. The van der Waals surface area contributed by atoms with E-state index in [2.05, 4.69) is 17.6 Å². The molecule has 0 bridgehead atoms. The molecule has 1 fully saturated rings. The lowest BCUT2D eigenvalue weighted by molar-refractivity contribution is -0.122. The van der Waals surface area contributed by atoms with Crippen LogP contribution in [0.2, 0.25) is 0 Å². The van der Waals surface area contributed by atoms with Crippen molar-refractivity contribution < 1.29 is 14.3 Å². The Morgan fingerprint density at radius 3 is 2.73 bits per heavy atom. The SMILES string of the molecule is CC1NCCCC1NC(=O)CCOc1ccc(C(N)=O)cc1. The second kappa shape index (κ2) is 7.79. The summed E-state index contributed by atoms with van der Waals surface area (Å²) in [5.41, 5.74) is 5.60. The maximum absolute atomic E-state index is 11.9. The fraction of sp³-hybridized carbons (Fsp3) is 0.500. The van der Waals surface area contributed by atoms with E-state index >= 15 is 0 Å². The highest BCUT2D eigenvalue weighted by Crippen LogP contribution is 2.12. The molecule has 0 aromatic heterocycles. The first-order valence-corrected chi connectivity index (χ1v) is 7.61. The number of nitrogens with one attached hydrogen (secondary N) is 2. The fourth-order valence-corrected chi connectivity index (χ4v) is 2.50. The van der Waals surface area contributed by atoms with Crippen molar-refractivity contribution >= 4 is 11.8 Å². The van der Waals surface area contributed by atoms with Crippen molar-refractivity contribution in [3.05, 3.63) is 29.8 Å². The molecule has 2 rings (SSSR count). The molecule has 1 aromatic rings. The number of ether oxygens (including phenoxy) is 1. The lowest BCUT2D eigenvalue weighted by Gasteiger charge is -2.30. The summed E-state index contributed by atoms with van der Waals surface area (Å²) < 4.78 is 5.50. The molecular formula is C16H23N3O3. The van der Waals surface area contributed by atoms with Crippen molar-refractivity contribution in [1.29, 1.82) is 0 Å². The Bertz CT molecular complexity index is 516. The van der Waals surface area contributed by atoms with Crippen LogP contribution >= 0.6 is 0 Å². The van der Waals surface area contributed by atoms with Crippen LogP contribution in [0.15, 0.2) is 24.3 Å². The molecule has 22 heavy (non-hydrogen) atoms. The van der Waals surface area contributed by atoms with Crippen LogP contribution in [0, 0.1) is 0 Å². The van der Waals surface area contributed by atoms with Crippen molar-refractivity contribution in [2.24, 2.45) is 5.73 Å². The van der Waals surface area contributed by atoms with Gasteiger partial charge >= 0.3 is 0 Å². The minimum atomic E-state index is -0.471. The average Bonchev–Trinajstić information content (AvgIpc) is 2.50. The van der Waals surface area contributed by atoms with Gasteiger partial charge in [0.05, 0.1) is 13.0 Å². The summed E-state index contributed by atoms with van der Waals surface area (Å²) in [6.45, 7) is 3.40. The van der Waals surface area contributed by atoms with Crippen LogP contribution in [0.5, 0.6) is 5.75 Å². The molecule has 120 valence electrons. The van der Waals surface area contributed by atoms with Gasteiger partial charge in [-0.05, 0) is 50.6 Å². The van der Waals surface area contributed by atoms with Gasteiger partial charge in [0.1, 0.15) is 5.75 Å². The summed E-state index contributed by atoms with van der Waals surface area (Å²) >= 11 is 0. The van der Waals surface area contributed by atoms with Crippen molar-refractivity contribution in [2.75, 3.05) is 13.2 Å². The quantitative estimate of drug-likeness (QED) is 0.725. The van der Waals surface area contributed by atoms with Crippen molar-refractivity contribution in [3.63, 3.8) is 0 Å². The van der Waals surface area contributed by atoms with Gasteiger partial charge in [0.2, 0.25) is 11.8 Å². The van der Waals surface area contributed by atoms with Crippen LogP contribution in [-0.2, 0) is 4.79 Å². The van der Waals surface area contributed by atoms with Crippen LogP contribution < -0.4 is 21.1 Å². The molecule has 1 aromatic carbocycles. The minimum absolute atomic E-state index is 0.00527. The zero-order valence-electron chi connectivity index (χ0n) is 12.8. The van der Waals surface area contributed by atoms with E-state index in [0.717, 1.165) is 19.4 Å². The Labute approximate surface area is 130 Å². The number of rotatable bonds is 6. The zero-order valence-corrected chi connectivity index (χ0v) is 12.8. The Hall–Kier alpha value is -2.08. The molecule has 6 nitrogen and oxygen atoms in total. The topological polar surface area (TPSA) is 93.4 Å². The molecular weight excluding hydrogens is 282 g/mol.